The Labute approximate surface area is 122 Å². The zero-order valence-corrected chi connectivity index (χ0v) is 12.8. The van der Waals surface area contributed by atoms with Gasteiger partial charge in [0.2, 0.25) is 0 Å². The highest BCUT2D eigenvalue weighted by Gasteiger charge is 2.16. The van der Waals surface area contributed by atoms with Gasteiger partial charge in [0.15, 0.2) is 0 Å². The third-order valence-corrected chi connectivity index (χ3v) is 4.29. The summed E-state index contributed by atoms with van der Waals surface area (Å²) in [6, 6.07) is 7.14. The predicted octanol–water partition coefficient (Wildman–Crippen LogP) is 2.65. The van der Waals surface area contributed by atoms with E-state index in [1.165, 1.54) is 11.1 Å². The molecule has 112 valence electrons. The average molecular weight is 277 g/mol. The number of hydrogen-bond donors (Lipinski definition) is 1. The van der Waals surface area contributed by atoms with Crippen molar-refractivity contribution in [1.82, 2.24) is 4.90 Å². The number of hydrogen-bond acceptors (Lipinski definition) is 3. The van der Waals surface area contributed by atoms with E-state index in [0.717, 1.165) is 51.1 Å². The standard InChI is InChI=1S/C17H27NO2/c1-3-16(4-2)18(10-11-19)9-7-14-5-6-17-15(13-14)8-12-20-17/h5-6,13,16,19H,3-4,7-12H2,1-2H3. The van der Waals surface area contributed by atoms with Gasteiger partial charge in [-0.25, -0.2) is 0 Å². The van der Waals surface area contributed by atoms with Crippen molar-refractivity contribution in [3.05, 3.63) is 29.3 Å². The van der Waals surface area contributed by atoms with Crippen LogP contribution in [-0.4, -0.2) is 42.4 Å². The van der Waals surface area contributed by atoms with Crippen LogP contribution in [0.2, 0.25) is 0 Å². The first-order chi connectivity index (χ1) is 9.78. The van der Waals surface area contributed by atoms with Gasteiger partial charge < -0.3 is 9.84 Å². The normalized spacial score (nSPS) is 13.8. The molecule has 0 bridgehead atoms. The fourth-order valence-corrected chi connectivity index (χ4v) is 3.08. The number of nitrogens with zero attached hydrogens (tertiary/aromatic N) is 1. The lowest BCUT2D eigenvalue weighted by atomic mass is 10.0. The van der Waals surface area contributed by atoms with E-state index in [1.807, 2.05) is 0 Å². The van der Waals surface area contributed by atoms with Crippen LogP contribution >= 0.6 is 0 Å². The fraction of sp³-hybridized carbons (Fsp3) is 0.647. The molecule has 1 aromatic carbocycles. The molecule has 2 rings (SSSR count). The van der Waals surface area contributed by atoms with Gasteiger partial charge in [0.1, 0.15) is 5.75 Å². The summed E-state index contributed by atoms with van der Waals surface area (Å²) in [5.74, 6) is 1.06. The monoisotopic (exact) mass is 277 g/mol. The Morgan fingerprint density at radius 2 is 2.05 bits per heavy atom. The summed E-state index contributed by atoms with van der Waals surface area (Å²) >= 11 is 0. The van der Waals surface area contributed by atoms with Crippen molar-refractivity contribution in [3.63, 3.8) is 0 Å². The summed E-state index contributed by atoms with van der Waals surface area (Å²) < 4.78 is 5.55. The van der Waals surface area contributed by atoms with E-state index in [1.54, 1.807) is 0 Å². The first-order valence-electron chi connectivity index (χ1n) is 7.88. The molecule has 1 aliphatic heterocycles. The second kappa shape index (κ2) is 7.65. The van der Waals surface area contributed by atoms with Gasteiger partial charge in [-0.2, -0.15) is 0 Å². The summed E-state index contributed by atoms with van der Waals surface area (Å²) in [4.78, 5) is 2.42. The van der Waals surface area contributed by atoms with E-state index in [-0.39, 0.29) is 6.61 Å². The number of benzene rings is 1. The smallest absolute Gasteiger partial charge is 0.122 e. The molecule has 1 aliphatic rings. The molecule has 0 amide bonds. The predicted molar refractivity (Wildman–Crippen MR) is 82.4 cm³/mol. The number of aliphatic hydroxyl groups excluding tert-OH is 1. The van der Waals surface area contributed by atoms with Crippen molar-refractivity contribution in [2.24, 2.45) is 0 Å². The average Bonchev–Trinajstić information content (AvgIpc) is 2.93. The van der Waals surface area contributed by atoms with Crippen LogP contribution in [0, 0.1) is 0 Å². The molecule has 1 aromatic rings. The lowest BCUT2D eigenvalue weighted by Crippen LogP contribution is -2.38. The van der Waals surface area contributed by atoms with Gasteiger partial charge in [0, 0.05) is 25.6 Å². The van der Waals surface area contributed by atoms with Crippen LogP contribution in [-0.2, 0) is 12.8 Å². The molecule has 0 radical (unpaired) electrons. The maximum atomic E-state index is 9.24. The summed E-state index contributed by atoms with van der Waals surface area (Å²) in [5.41, 5.74) is 2.72. The third-order valence-electron chi connectivity index (χ3n) is 4.29. The molecule has 0 saturated heterocycles. The van der Waals surface area contributed by atoms with Gasteiger partial charge in [0.25, 0.3) is 0 Å². The molecule has 0 spiro atoms. The highest BCUT2D eigenvalue weighted by molar-refractivity contribution is 5.39. The first kappa shape index (κ1) is 15.3. The minimum atomic E-state index is 0.245. The van der Waals surface area contributed by atoms with Gasteiger partial charge in [-0.15, -0.1) is 0 Å². The topological polar surface area (TPSA) is 32.7 Å². The summed E-state index contributed by atoms with van der Waals surface area (Å²) in [7, 11) is 0. The Balaban J connectivity index is 1.94. The summed E-state index contributed by atoms with van der Waals surface area (Å²) in [6.07, 6.45) is 4.38. The second-order valence-corrected chi connectivity index (χ2v) is 5.52. The highest BCUT2D eigenvalue weighted by atomic mass is 16.5. The molecule has 0 saturated carbocycles. The van der Waals surface area contributed by atoms with Crippen LogP contribution in [0.25, 0.3) is 0 Å². The zero-order valence-electron chi connectivity index (χ0n) is 12.8. The van der Waals surface area contributed by atoms with Crippen molar-refractivity contribution >= 4 is 0 Å². The van der Waals surface area contributed by atoms with Gasteiger partial charge in [-0.05, 0) is 36.5 Å². The summed E-state index contributed by atoms with van der Waals surface area (Å²) in [5, 5.41) is 9.24. The maximum absolute atomic E-state index is 9.24. The molecule has 3 heteroatoms. The van der Waals surface area contributed by atoms with E-state index in [2.05, 4.69) is 36.9 Å². The van der Waals surface area contributed by atoms with E-state index >= 15 is 0 Å². The molecule has 3 nitrogen and oxygen atoms in total. The molecule has 0 atom stereocenters. The van der Waals surface area contributed by atoms with Crippen LogP contribution in [0.5, 0.6) is 5.75 Å². The van der Waals surface area contributed by atoms with E-state index in [0.29, 0.717) is 6.04 Å². The molecule has 0 unspecified atom stereocenters. The molecule has 1 N–H and O–H groups in total. The number of ether oxygens (including phenoxy) is 1. The number of rotatable bonds is 8. The number of aliphatic hydroxyl groups is 1. The lowest BCUT2D eigenvalue weighted by molar-refractivity contribution is 0.145. The third kappa shape index (κ3) is 3.74. The van der Waals surface area contributed by atoms with Crippen molar-refractivity contribution < 1.29 is 9.84 Å². The SMILES string of the molecule is CCC(CC)N(CCO)CCc1ccc2c(c1)CCO2. The Kier molecular flexibility index (Phi) is 5.86. The van der Waals surface area contributed by atoms with E-state index in [4.69, 9.17) is 4.74 Å². The van der Waals surface area contributed by atoms with Crippen molar-refractivity contribution in [1.29, 1.82) is 0 Å². The maximum Gasteiger partial charge on any atom is 0.122 e. The quantitative estimate of drug-likeness (QED) is 0.793. The number of fused-ring (bicyclic) bond motifs is 1. The Bertz CT molecular complexity index is 415. The second-order valence-electron chi connectivity index (χ2n) is 5.52. The Morgan fingerprint density at radius 1 is 1.25 bits per heavy atom. The van der Waals surface area contributed by atoms with Gasteiger partial charge in [-0.3, -0.25) is 4.90 Å². The molecular weight excluding hydrogens is 250 g/mol. The molecule has 0 fully saturated rings. The van der Waals surface area contributed by atoms with Gasteiger partial charge >= 0.3 is 0 Å². The van der Waals surface area contributed by atoms with Crippen LogP contribution in [0.1, 0.15) is 37.8 Å². The molecule has 1 heterocycles. The van der Waals surface area contributed by atoms with Crippen molar-refractivity contribution in [2.75, 3.05) is 26.3 Å². The first-order valence-corrected chi connectivity index (χ1v) is 7.88. The Hall–Kier alpha value is -1.06. The van der Waals surface area contributed by atoms with Crippen molar-refractivity contribution in [3.8, 4) is 5.75 Å². The van der Waals surface area contributed by atoms with Gasteiger partial charge in [-0.1, -0.05) is 26.0 Å². The highest BCUT2D eigenvalue weighted by Crippen LogP contribution is 2.26. The molecular formula is C17H27NO2. The molecule has 0 aliphatic carbocycles. The van der Waals surface area contributed by atoms with E-state index < -0.39 is 0 Å². The van der Waals surface area contributed by atoms with Crippen LogP contribution in [0.4, 0.5) is 0 Å². The van der Waals surface area contributed by atoms with E-state index in [9.17, 15) is 5.11 Å². The van der Waals surface area contributed by atoms with Crippen LogP contribution in [0.3, 0.4) is 0 Å². The van der Waals surface area contributed by atoms with Crippen molar-refractivity contribution in [2.45, 2.75) is 45.6 Å². The lowest BCUT2D eigenvalue weighted by Gasteiger charge is -2.29. The largest absolute Gasteiger partial charge is 0.493 e. The molecule has 20 heavy (non-hydrogen) atoms. The summed E-state index contributed by atoms with van der Waals surface area (Å²) in [6.45, 7) is 7.32. The minimum absolute atomic E-state index is 0.245. The zero-order chi connectivity index (χ0) is 14.4. The van der Waals surface area contributed by atoms with Crippen LogP contribution in [0.15, 0.2) is 18.2 Å². The van der Waals surface area contributed by atoms with Gasteiger partial charge in [0.05, 0.1) is 13.2 Å². The van der Waals surface area contributed by atoms with Crippen LogP contribution < -0.4 is 4.74 Å². The minimum Gasteiger partial charge on any atom is -0.493 e. The molecule has 0 aromatic heterocycles. The Morgan fingerprint density at radius 3 is 2.75 bits per heavy atom. The fourth-order valence-electron chi connectivity index (χ4n) is 3.08.